The van der Waals surface area contributed by atoms with E-state index in [4.69, 9.17) is 4.74 Å². The molecular formula is C29H27N3O5. The second kappa shape index (κ2) is 10.4. The number of anilines is 1. The number of hydrogen-bond acceptors (Lipinski definition) is 6. The Kier molecular flexibility index (Phi) is 6.83. The first-order valence-corrected chi connectivity index (χ1v) is 12.3. The molecule has 1 atom stereocenters. The molecule has 1 saturated heterocycles. The fraction of sp³-hybridized carbons (Fsp3) is 0.241. The predicted octanol–water partition coefficient (Wildman–Crippen LogP) is 3.38. The number of nitrogens with zero attached hydrogens (tertiary/aromatic N) is 3. The highest BCUT2D eigenvalue weighted by Crippen LogP contribution is 2.29. The summed E-state index contributed by atoms with van der Waals surface area (Å²) < 4.78 is 5.47. The average Bonchev–Trinajstić information content (AvgIpc) is 3.19. The van der Waals surface area contributed by atoms with Crippen molar-refractivity contribution in [2.24, 2.45) is 0 Å². The number of carbonyl (C=O) groups excluding carboxylic acids is 4. The second-order valence-corrected chi connectivity index (χ2v) is 9.18. The molecule has 0 radical (unpaired) electrons. The molecule has 3 aromatic carbocycles. The Hall–Kier alpha value is -4.30. The highest BCUT2D eigenvalue weighted by atomic mass is 16.5. The van der Waals surface area contributed by atoms with Crippen LogP contribution in [-0.4, -0.2) is 65.8 Å². The number of carbonyl (C=O) groups is 4. The van der Waals surface area contributed by atoms with E-state index in [1.807, 2.05) is 18.2 Å². The standard InChI is InChI=1S/C29H27N3O5/c1-20(26(33)31-16-14-30(15-17-31)19-21-8-3-2-4-9-21)37-29(36)22-10-7-11-23(18-22)32-27(34)24-12-5-6-13-25(24)28(32)35/h2-13,18,20H,14-17,19H2,1H3. The van der Waals surface area contributed by atoms with Gasteiger partial charge in [0.2, 0.25) is 0 Å². The Bertz CT molecular complexity index is 1310. The normalized spacial score (nSPS) is 16.5. The molecule has 2 heterocycles. The van der Waals surface area contributed by atoms with E-state index < -0.39 is 23.9 Å². The Balaban J connectivity index is 1.19. The number of ether oxygens (including phenoxy) is 1. The summed E-state index contributed by atoms with van der Waals surface area (Å²) in [6.07, 6.45) is -0.962. The van der Waals surface area contributed by atoms with Gasteiger partial charge in [0.05, 0.1) is 22.4 Å². The van der Waals surface area contributed by atoms with Gasteiger partial charge in [-0.3, -0.25) is 19.3 Å². The lowest BCUT2D eigenvalue weighted by atomic mass is 10.1. The van der Waals surface area contributed by atoms with Crippen LogP contribution in [0.2, 0.25) is 0 Å². The monoisotopic (exact) mass is 497 g/mol. The van der Waals surface area contributed by atoms with Crippen molar-refractivity contribution in [3.05, 3.63) is 101 Å². The van der Waals surface area contributed by atoms with Crippen molar-refractivity contribution < 1.29 is 23.9 Å². The molecular weight excluding hydrogens is 470 g/mol. The van der Waals surface area contributed by atoms with Gasteiger partial charge in [0.15, 0.2) is 6.10 Å². The zero-order valence-electron chi connectivity index (χ0n) is 20.5. The van der Waals surface area contributed by atoms with Crippen molar-refractivity contribution >= 4 is 29.4 Å². The summed E-state index contributed by atoms with van der Waals surface area (Å²) >= 11 is 0. The fourth-order valence-corrected chi connectivity index (χ4v) is 4.70. The van der Waals surface area contributed by atoms with Gasteiger partial charge in [-0.2, -0.15) is 0 Å². The van der Waals surface area contributed by atoms with Gasteiger partial charge in [-0.1, -0.05) is 48.5 Å². The van der Waals surface area contributed by atoms with Crippen molar-refractivity contribution in [3.63, 3.8) is 0 Å². The maximum absolute atomic E-state index is 13.0. The van der Waals surface area contributed by atoms with Crippen LogP contribution >= 0.6 is 0 Å². The van der Waals surface area contributed by atoms with Crippen LogP contribution in [0.25, 0.3) is 0 Å². The minimum Gasteiger partial charge on any atom is -0.449 e. The molecule has 1 fully saturated rings. The molecule has 8 heteroatoms. The molecule has 0 aromatic heterocycles. The molecule has 1 unspecified atom stereocenters. The minimum atomic E-state index is -0.962. The Morgan fingerprint density at radius 1 is 0.811 bits per heavy atom. The number of fused-ring (bicyclic) bond motifs is 1. The first-order valence-electron chi connectivity index (χ1n) is 12.3. The third kappa shape index (κ3) is 5.01. The van der Waals surface area contributed by atoms with Crippen LogP contribution in [0.15, 0.2) is 78.9 Å². The number of piperazine rings is 1. The van der Waals surface area contributed by atoms with E-state index in [0.29, 0.717) is 24.2 Å². The average molecular weight is 498 g/mol. The number of amides is 3. The summed E-state index contributed by atoms with van der Waals surface area (Å²) in [5.41, 5.74) is 2.30. The SMILES string of the molecule is CC(OC(=O)c1cccc(N2C(=O)c3ccccc3C2=O)c1)C(=O)N1CCN(Cc2ccccc2)CC1. The number of rotatable bonds is 6. The quantitative estimate of drug-likeness (QED) is 0.383. The van der Waals surface area contributed by atoms with Crippen molar-refractivity contribution in [2.75, 3.05) is 31.1 Å². The molecule has 2 aliphatic rings. The second-order valence-electron chi connectivity index (χ2n) is 9.18. The molecule has 0 saturated carbocycles. The van der Waals surface area contributed by atoms with E-state index in [0.717, 1.165) is 24.5 Å². The van der Waals surface area contributed by atoms with Crippen LogP contribution < -0.4 is 4.90 Å². The van der Waals surface area contributed by atoms with Crippen LogP contribution in [0.1, 0.15) is 43.6 Å². The molecule has 3 amide bonds. The van der Waals surface area contributed by atoms with Crippen molar-refractivity contribution in [3.8, 4) is 0 Å². The van der Waals surface area contributed by atoms with Crippen LogP contribution in [0.4, 0.5) is 5.69 Å². The minimum absolute atomic E-state index is 0.154. The maximum atomic E-state index is 13.0. The summed E-state index contributed by atoms with van der Waals surface area (Å²) in [6.45, 7) is 4.99. The zero-order chi connectivity index (χ0) is 25.9. The van der Waals surface area contributed by atoms with Gasteiger partial charge >= 0.3 is 5.97 Å². The lowest BCUT2D eigenvalue weighted by Crippen LogP contribution is -2.51. The smallest absolute Gasteiger partial charge is 0.338 e. The molecule has 0 spiro atoms. The Labute approximate surface area is 215 Å². The summed E-state index contributed by atoms with van der Waals surface area (Å²) in [5.74, 6) is -1.83. The lowest BCUT2D eigenvalue weighted by Gasteiger charge is -2.35. The largest absolute Gasteiger partial charge is 0.449 e. The number of esters is 1. The highest BCUT2D eigenvalue weighted by Gasteiger charge is 2.36. The molecule has 188 valence electrons. The van der Waals surface area contributed by atoms with Crippen molar-refractivity contribution in [1.29, 1.82) is 0 Å². The predicted molar refractivity (Wildman–Crippen MR) is 137 cm³/mol. The molecule has 3 aromatic rings. The highest BCUT2D eigenvalue weighted by molar-refractivity contribution is 6.34. The topological polar surface area (TPSA) is 87.2 Å². The summed E-state index contributed by atoms with van der Waals surface area (Å²) in [6, 6.07) is 22.9. The maximum Gasteiger partial charge on any atom is 0.338 e. The van der Waals surface area contributed by atoms with E-state index in [9.17, 15) is 19.2 Å². The molecule has 8 nitrogen and oxygen atoms in total. The van der Waals surface area contributed by atoms with Gasteiger partial charge in [0.1, 0.15) is 0 Å². The van der Waals surface area contributed by atoms with Gasteiger partial charge in [0, 0.05) is 32.7 Å². The van der Waals surface area contributed by atoms with Gasteiger partial charge in [-0.15, -0.1) is 0 Å². The van der Waals surface area contributed by atoms with Crippen LogP contribution in [0.5, 0.6) is 0 Å². The van der Waals surface area contributed by atoms with E-state index >= 15 is 0 Å². The van der Waals surface area contributed by atoms with E-state index in [2.05, 4.69) is 17.0 Å². The zero-order valence-corrected chi connectivity index (χ0v) is 20.5. The Morgan fingerprint density at radius 3 is 2.08 bits per heavy atom. The number of hydrogen-bond donors (Lipinski definition) is 0. The molecule has 2 aliphatic heterocycles. The number of benzene rings is 3. The van der Waals surface area contributed by atoms with Crippen molar-refractivity contribution in [2.45, 2.75) is 19.6 Å². The first-order chi connectivity index (χ1) is 17.9. The van der Waals surface area contributed by atoms with Crippen LogP contribution in [0.3, 0.4) is 0 Å². The van der Waals surface area contributed by atoms with Gasteiger partial charge in [-0.25, -0.2) is 9.69 Å². The summed E-state index contributed by atoms with van der Waals surface area (Å²) in [4.78, 5) is 56.4. The summed E-state index contributed by atoms with van der Waals surface area (Å²) in [7, 11) is 0. The van der Waals surface area contributed by atoms with E-state index in [1.54, 1.807) is 48.2 Å². The molecule has 37 heavy (non-hydrogen) atoms. The first kappa shape index (κ1) is 24.4. The molecule has 0 aliphatic carbocycles. The van der Waals surface area contributed by atoms with Crippen LogP contribution in [0, 0.1) is 0 Å². The summed E-state index contributed by atoms with van der Waals surface area (Å²) in [5, 5.41) is 0. The van der Waals surface area contributed by atoms with E-state index in [1.165, 1.54) is 17.7 Å². The Morgan fingerprint density at radius 2 is 1.43 bits per heavy atom. The molecule has 0 N–H and O–H groups in total. The van der Waals surface area contributed by atoms with E-state index in [-0.39, 0.29) is 17.2 Å². The van der Waals surface area contributed by atoms with Gasteiger partial charge < -0.3 is 9.64 Å². The van der Waals surface area contributed by atoms with Crippen LogP contribution in [-0.2, 0) is 16.1 Å². The van der Waals surface area contributed by atoms with Crippen molar-refractivity contribution in [1.82, 2.24) is 9.80 Å². The third-order valence-electron chi connectivity index (χ3n) is 6.70. The lowest BCUT2D eigenvalue weighted by molar-refractivity contribution is -0.141. The third-order valence-corrected chi connectivity index (χ3v) is 6.70. The molecule has 5 rings (SSSR count). The fourth-order valence-electron chi connectivity index (χ4n) is 4.70. The van der Waals surface area contributed by atoms with Gasteiger partial charge in [-0.05, 0) is 42.8 Å². The molecule has 0 bridgehead atoms. The van der Waals surface area contributed by atoms with Gasteiger partial charge in [0.25, 0.3) is 17.7 Å². The number of imide groups is 1.